The van der Waals surface area contributed by atoms with Crippen LogP contribution in [0.25, 0.3) is 0 Å². The van der Waals surface area contributed by atoms with Crippen LogP contribution in [0.4, 0.5) is 39.5 Å². The Morgan fingerprint density at radius 2 is 1.21 bits per heavy atom. The zero-order chi connectivity index (χ0) is 31.1. The van der Waals surface area contributed by atoms with Crippen molar-refractivity contribution in [2.75, 3.05) is 18.8 Å². The minimum Gasteiger partial charge on any atom is -0.796 e. The topological polar surface area (TPSA) is 74.8 Å². The molecule has 0 aliphatic carbocycles. The van der Waals surface area contributed by atoms with Gasteiger partial charge < -0.3 is 12.6 Å². The molecular formula is C20H22BBrF9N5NaS6. The van der Waals surface area contributed by atoms with Crippen molar-refractivity contribution in [1.82, 2.24) is 15.0 Å². The largest absolute Gasteiger partial charge is 1.00 e. The maximum Gasteiger partial charge on any atom is 1.00 e. The Morgan fingerprint density at radius 1 is 0.860 bits per heavy atom. The predicted molar refractivity (Wildman–Crippen MR) is 162 cm³/mol. The third-order valence-electron chi connectivity index (χ3n) is 3.35. The number of nitrogens with zero attached hydrogens (tertiary/aromatic N) is 5. The molecule has 0 N–H and O–H groups in total. The second kappa shape index (κ2) is 24.3. The summed E-state index contributed by atoms with van der Waals surface area (Å²) in [6.45, 7) is 0. The summed E-state index contributed by atoms with van der Waals surface area (Å²) in [6.07, 6.45) is -2.55. The summed E-state index contributed by atoms with van der Waals surface area (Å²) in [7, 11) is -0.568. The Balaban J connectivity index is -0.000000252. The zero-order valence-electron chi connectivity index (χ0n) is 21.9. The van der Waals surface area contributed by atoms with Crippen LogP contribution in [0, 0.1) is 11.5 Å². The SMILES string of the molecule is C.CS(Cc1cnc(C(F)(F)F)s1)=NC#N.CSCc1cnc(C(F)(F)F)s1.C[S-].FC(F)(F)c1ncc(CBr)s1.[B].[Na+]. The average molecular weight is 810 g/mol. The van der Waals surface area contributed by atoms with E-state index in [1.54, 1.807) is 18.7 Å². The van der Waals surface area contributed by atoms with Gasteiger partial charge in [0.1, 0.15) is 0 Å². The Morgan fingerprint density at radius 3 is 1.51 bits per heavy atom. The molecule has 3 heterocycles. The zero-order valence-corrected chi connectivity index (χ0v) is 30.4. The number of halogens is 10. The summed E-state index contributed by atoms with van der Waals surface area (Å²) in [5, 5.41) is 6.27. The summed E-state index contributed by atoms with van der Waals surface area (Å²) in [6, 6.07) is 0. The molecule has 0 amide bonds. The molecule has 0 aliphatic heterocycles. The van der Waals surface area contributed by atoms with Crippen LogP contribution >= 0.6 is 61.7 Å². The van der Waals surface area contributed by atoms with Gasteiger partial charge in [0.2, 0.25) is 6.19 Å². The number of hydrogen-bond donors (Lipinski definition) is 0. The molecule has 43 heavy (non-hydrogen) atoms. The van der Waals surface area contributed by atoms with E-state index >= 15 is 0 Å². The van der Waals surface area contributed by atoms with Crippen LogP contribution < -0.4 is 29.6 Å². The van der Waals surface area contributed by atoms with Crippen molar-refractivity contribution in [2.24, 2.45) is 4.36 Å². The second-order valence-corrected chi connectivity index (χ2v) is 12.8. The van der Waals surface area contributed by atoms with Crippen LogP contribution in [0.2, 0.25) is 0 Å². The van der Waals surface area contributed by atoms with E-state index in [4.69, 9.17) is 5.26 Å². The summed E-state index contributed by atoms with van der Waals surface area (Å²) in [5.41, 5.74) is 0. The van der Waals surface area contributed by atoms with Crippen LogP contribution in [-0.2, 0) is 58.7 Å². The molecule has 0 spiro atoms. The van der Waals surface area contributed by atoms with E-state index in [9.17, 15) is 39.5 Å². The molecule has 0 aromatic carbocycles. The van der Waals surface area contributed by atoms with Gasteiger partial charge >= 0.3 is 48.1 Å². The minimum atomic E-state index is -4.39. The van der Waals surface area contributed by atoms with Gasteiger partial charge in [0.25, 0.3) is 0 Å². The summed E-state index contributed by atoms with van der Waals surface area (Å²) < 4.78 is 112. The van der Waals surface area contributed by atoms with Crippen molar-refractivity contribution in [3.05, 3.63) is 48.2 Å². The molecule has 23 heteroatoms. The molecule has 237 valence electrons. The molecule has 5 nitrogen and oxygen atoms in total. The van der Waals surface area contributed by atoms with E-state index < -0.39 is 44.2 Å². The monoisotopic (exact) mass is 808 g/mol. The van der Waals surface area contributed by atoms with Crippen LogP contribution in [0.5, 0.6) is 0 Å². The molecule has 0 saturated heterocycles. The van der Waals surface area contributed by atoms with Crippen LogP contribution in [0.1, 0.15) is 37.1 Å². The standard InChI is InChI=1S/C7H6F3N3S2.C6H6F3NS2.C5H3BrF3NS.CH4S.CH4.B.Na/c1-15(13-4-11)3-5-2-12-6(14-5)7(8,9)10;1-11-3-4-2-10-5(12-4)6(7,8)9;6-1-3-2-10-4(11-3)5(7,8)9;1-2;;;/h2H,3H2,1H3;2H,3H2,1H3;2H,1H2;2H,1H3;1H4;;/q;;;;;;+1/p-1. The normalized spacial score (nSPS) is 11.4. The van der Waals surface area contributed by atoms with E-state index in [-0.39, 0.29) is 45.4 Å². The van der Waals surface area contributed by atoms with Crippen molar-refractivity contribution >= 4 is 93.4 Å². The first kappa shape index (κ1) is 50.0. The number of hydrogen-bond acceptors (Lipinski definition) is 10. The van der Waals surface area contributed by atoms with Gasteiger partial charge in [0.15, 0.2) is 15.0 Å². The Labute approximate surface area is 300 Å². The first-order valence-electron chi connectivity index (χ1n) is 9.75. The van der Waals surface area contributed by atoms with Gasteiger partial charge in [-0.15, -0.1) is 34.0 Å². The third kappa shape index (κ3) is 20.8. The van der Waals surface area contributed by atoms with Gasteiger partial charge in [-0.2, -0.15) is 67.2 Å². The predicted octanol–water partition coefficient (Wildman–Crippen LogP) is 6.08. The van der Waals surface area contributed by atoms with Crippen molar-refractivity contribution in [3.8, 4) is 6.19 Å². The number of nitriles is 1. The van der Waals surface area contributed by atoms with Gasteiger partial charge in [-0.3, -0.25) is 0 Å². The number of alkyl halides is 10. The maximum atomic E-state index is 12.2. The van der Waals surface area contributed by atoms with Gasteiger partial charge in [0.05, 0.1) is 0 Å². The summed E-state index contributed by atoms with van der Waals surface area (Å²) in [4.78, 5) is 11.5. The summed E-state index contributed by atoms with van der Waals surface area (Å²) >= 11 is 10.6. The molecule has 0 saturated carbocycles. The van der Waals surface area contributed by atoms with Crippen molar-refractivity contribution < 1.29 is 69.1 Å². The van der Waals surface area contributed by atoms with Crippen molar-refractivity contribution in [2.45, 2.75) is 42.8 Å². The maximum absolute atomic E-state index is 12.2. The second-order valence-electron chi connectivity index (χ2n) is 6.39. The molecule has 3 aromatic heterocycles. The summed E-state index contributed by atoms with van der Waals surface area (Å²) in [5.74, 6) is 0.926. The van der Waals surface area contributed by atoms with Gasteiger partial charge in [-0.25, -0.2) is 15.0 Å². The molecule has 0 aliphatic rings. The van der Waals surface area contributed by atoms with Crippen LogP contribution in [0.3, 0.4) is 0 Å². The third-order valence-corrected chi connectivity index (χ3v) is 9.54. The Bertz CT molecular complexity index is 1230. The average Bonchev–Trinajstić information content (AvgIpc) is 3.61. The number of rotatable bonds is 5. The van der Waals surface area contributed by atoms with Gasteiger partial charge in [-0.05, 0) is 12.5 Å². The number of thioether (sulfide) groups is 1. The van der Waals surface area contributed by atoms with Crippen molar-refractivity contribution in [1.29, 1.82) is 5.26 Å². The Kier molecular flexibility index (Phi) is 28.3. The number of aromatic nitrogens is 3. The first-order chi connectivity index (χ1) is 18.5. The molecule has 3 aromatic rings. The van der Waals surface area contributed by atoms with E-state index in [0.29, 0.717) is 65.5 Å². The molecule has 1 unspecified atom stereocenters. The number of thiazole rings is 3. The molecule has 1 atom stereocenters. The fourth-order valence-corrected chi connectivity index (χ4v) is 6.61. The minimum absolute atomic E-state index is 0. The molecule has 3 rings (SSSR count). The smallest absolute Gasteiger partial charge is 0.796 e. The van der Waals surface area contributed by atoms with Crippen LogP contribution in [-0.4, -0.2) is 42.1 Å². The van der Waals surface area contributed by atoms with Crippen LogP contribution in [0.15, 0.2) is 23.0 Å². The molecule has 0 fully saturated rings. The molecular weight excluding hydrogens is 787 g/mol. The van der Waals surface area contributed by atoms with E-state index in [2.05, 4.69) is 47.9 Å². The Hall–Kier alpha value is 0.145. The van der Waals surface area contributed by atoms with Gasteiger partial charge in [-0.1, -0.05) is 34.0 Å². The van der Waals surface area contributed by atoms with Gasteiger partial charge in [0, 0.05) is 58.5 Å². The fraction of sp³-hybridized carbons (Fsp3) is 0.500. The quantitative estimate of drug-likeness (QED) is 0.102. The molecule has 0 bridgehead atoms. The fourth-order valence-electron chi connectivity index (χ4n) is 1.96. The van der Waals surface area contributed by atoms with Crippen molar-refractivity contribution in [3.63, 3.8) is 0 Å². The van der Waals surface area contributed by atoms with E-state index in [0.717, 1.165) is 0 Å². The molecule has 3 radical (unpaired) electrons. The van der Waals surface area contributed by atoms with E-state index in [1.807, 2.05) is 6.26 Å². The first-order valence-corrected chi connectivity index (χ1v) is 17.3. The van der Waals surface area contributed by atoms with E-state index in [1.165, 1.54) is 30.4 Å².